The van der Waals surface area contributed by atoms with Gasteiger partial charge in [-0.3, -0.25) is 24.6 Å². The van der Waals surface area contributed by atoms with Crippen LogP contribution in [-0.2, 0) is 21.1 Å². The maximum atomic E-state index is 13.2. The highest BCUT2D eigenvalue weighted by atomic mass is 35.5. The zero-order chi connectivity index (χ0) is 35.0. The average Bonchev–Trinajstić information content (AvgIpc) is 3.71. The molecule has 17 heteroatoms. The Hall–Kier alpha value is -4.92. The fourth-order valence-electron chi connectivity index (χ4n) is 4.99. The molecular formula is C32H39Cl3N10O4. The van der Waals surface area contributed by atoms with Crippen LogP contribution in [0.15, 0.2) is 61.1 Å². The van der Waals surface area contributed by atoms with Crippen LogP contribution in [0.2, 0.25) is 0 Å². The summed E-state index contributed by atoms with van der Waals surface area (Å²) >= 11 is 11.9. The largest absolute Gasteiger partial charge is 0.388 e. The summed E-state index contributed by atoms with van der Waals surface area (Å²) in [6, 6.07) is 11.8. The number of benzene rings is 1. The van der Waals surface area contributed by atoms with Crippen LogP contribution < -0.4 is 31.9 Å². The number of hydrogen-bond donors (Lipinski definition) is 6. The summed E-state index contributed by atoms with van der Waals surface area (Å²) in [5, 5.41) is 18.4. The van der Waals surface area contributed by atoms with Crippen molar-refractivity contribution in [1.29, 1.82) is 5.41 Å². The molecule has 0 atom stereocenters. The van der Waals surface area contributed by atoms with Gasteiger partial charge in [0.05, 0.1) is 22.9 Å². The van der Waals surface area contributed by atoms with E-state index in [1.54, 1.807) is 77.7 Å². The first kappa shape index (κ1) is 38.5. The molecule has 0 aliphatic rings. The predicted octanol–water partition coefficient (Wildman–Crippen LogP) is 4.22. The molecule has 0 spiro atoms. The molecule has 0 radical (unpaired) electrons. The molecule has 0 unspecified atom stereocenters. The zero-order valence-corrected chi connectivity index (χ0v) is 29.5. The van der Waals surface area contributed by atoms with E-state index in [2.05, 4.69) is 21.3 Å². The number of aromatic nitrogens is 3. The highest BCUT2D eigenvalue weighted by Gasteiger charge is 2.19. The maximum absolute atomic E-state index is 13.2. The van der Waals surface area contributed by atoms with Crippen molar-refractivity contribution in [3.8, 4) is 0 Å². The third kappa shape index (κ3) is 10.0. The molecular weight excluding hydrogens is 695 g/mol. The summed E-state index contributed by atoms with van der Waals surface area (Å²) in [6.45, 7) is 1.39. The third-order valence-corrected chi connectivity index (χ3v) is 7.69. The van der Waals surface area contributed by atoms with Crippen LogP contribution in [0.4, 0.5) is 22.7 Å². The van der Waals surface area contributed by atoms with E-state index in [1.807, 2.05) is 11.0 Å². The Kier molecular flexibility index (Phi) is 13.7. The van der Waals surface area contributed by atoms with Crippen LogP contribution in [0.5, 0.6) is 0 Å². The summed E-state index contributed by atoms with van der Waals surface area (Å²) in [5.74, 6) is -0.802. The number of amides is 4. The lowest BCUT2D eigenvalue weighted by Crippen LogP contribution is -2.28. The van der Waals surface area contributed by atoms with Crippen LogP contribution in [0.1, 0.15) is 48.2 Å². The van der Waals surface area contributed by atoms with Gasteiger partial charge in [-0.1, -0.05) is 6.07 Å². The summed E-state index contributed by atoms with van der Waals surface area (Å²) in [4.78, 5) is 53.8. The Balaban J connectivity index is 0.00000650. The zero-order valence-electron chi connectivity index (χ0n) is 27.2. The molecule has 1 aromatic carbocycles. The van der Waals surface area contributed by atoms with Crippen molar-refractivity contribution in [2.45, 2.75) is 6.42 Å². The molecule has 4 aromatic rings. The van der Waals surface area contributed by atoms with Crippen LogP contribution in [-0.4, -0.2) is 74.6 Å². The van der Waals surface area contributed by atoms with Crippen molar-refractivity contribution in [3.05, 3.63) is 83.7 Å². The van der Waals surface area contributed by atoms with E-state index in [0.29, 0.717) is 53.2 Å². The van der Waals surface area contributed by atoms with Gasteiger partial charge < -0.3 is 45.6 Å². The van der Waals surface area contributed by atoms with Crippen molar-refractivity contribution in [2.24, 2.45) is 26.9 Å². The number of nitrogens with zero attached hydrogens (tertiary/aromatic N) is 4. The minimum atomic E-state index is -0.450. The van der Waals surface area contributed by atoms with Gasteiger partial charge in [-0.2, -0.15) is 0 Å². The molecule has 0 aliphatic carbocycles. The Bertz CT molecular complexity index is 1820. The van der Waals surface area contributed by atoms with Crippen molar-refractivity contribution >= 4 is 87.8 Å². The summed E-state index contributed by atoms with van der Waals surface area (Å²) in [5.41, 5.74) is 8.67. The summed E-state index contributed by atoms with van der Waals surface area (Å²) in [7, 11) is 5.02. The van der Waals surface area contributed by atoms with Crippen LogP contribution in [0.3, 0.4) is 0 Å². The van der Waals surface area contributed by atoms with Gasteiger partial charge in [0.25, 0.3) is 23.6 Å². The Morgan fingerprint density at radius 3 is 1.63 bits per heavy atom. The van der Waals surface area contributed by atoms with Gasteiger partial charge in [0, 0.05) is 88.8 Å². The Morgan fingerprint density at radius 1 is 0.735 bits per heavy atom. The van der Waals surface area contributed by atoms with Crippen LogP contribution in [0, 0.1) is 5.41 Å². The normalized spacial score (nSPS) is 10.6. The van der Waals surface area contributed by atoms with Crippen LogP contribution >= 0.6 is 35.6 Å². The third-order valence-electron chi connectivity index (χ3n) is 7.35. The number of hydrogen-bond acceptors (Lipinski definition) is 6. The number of aryl methyl sites for hydroxylation is 3. The predicted molar refractivity (Wildman–Crippen MR) is 196 cm³/mol. The Morgan fingerprint density at radius 2 is 1.18 bits per heavy atom. The number of alkyl halides is 2. The number of rotatable bonds is 15. The molecule has 0 saturated carbocycles. The number of nitrogens with one attached hydrogen (secondary N) is 5. The average molecular weight is 734 g/mol. The summed E-state index contributed by atoms with van der Waals surface area (Å²) in [6.07, 6.45) is 5.06. The standard InChI is InChI=1S/C32H38Cl2N10O4.ClH/c1-41-18-22(14-25(41)30(46)37-10-7-28(35)36)39-32(48)27-16-23(19-43(27)3)40-31(47)26-15-21(17-42(26)2)38-29(45)20-5-4-6-24(13-20)44(11-8-33)12-9-34;/h4-6,13-19H,7-12H2,1-3H3,(H3,35,36)(H,37,46)(H,38,45)(H,39,48)(H,40,47);1H. The molecule has 0 fully saturated rings. The molecule has 0 bridgehead atoms. The van der Waals surface area contributed by atoms with E-state index in [9.17, 15) is 19.2 Å². The lowest BCUT2D eigenvalue weighted by Gasteiger charge is -2.23. The van der Waals surface area contributed by atoms with Gasteiger partial charge in [0.2, 0.25) is 0 Å². The number of nitrogens with two attached hydrogens (primary N) is 1. The van der Waals surface area contributed by atoms with Crippen molar-refractivity contribution in [1.82, 2.24) is 19.0 Å². The lowest BCUT2D eigenvalue weighted by atomic mass is 10.1. The van der Waals surface area contributed by atoms with E-state index in [0.717, 1.165) is 5.69 Å². The van der Waals surface area contributed by atoms with E-state index >= 15 is 0 Å². The number of carbonyl (C=O) groups is 4. The van der Waals surface area contributed by atoms with Crippen LogP contribution in [0.25, 0.3) is 0 Å². The summed E-state index contributed by atoms with van der Waals surface area (Å²) < 4.78 is 4.72. The first-order valence-electron chi connectivity index (χ1n) is 14.9. The van der Waals surface area contributed by atoms with E-state index in [4.69, 9.17) is 34.3 Å². The first-order chi connectivity index (χ1) is 22.9. The monoisotopic (exact) mass is 732 g/mol. The van der Waals surface area contributed by atoms with E-state index < -0.39 is 11.8 Å². The van der Waals surface area contributed by atoms with Gasteiger partial charge in [0.1, 0.15) is 17.1 Å². The second kappa shape index (κ2) is 17.5. The molecule has 14 nitrogen and oxygen atoms in total. The maximum Gasteiger partial charge on any atom is 0.272 e. The fourth-order valence-corrected chi connectivity index (χ4v) is 5.40. The van der Waals surface area contributed by atoms with E-state index in [1.165, 1.54) is 12.1 Å². The molecule has 4 rings (SSSR count). The second-order valence-electron chi connectivity index (χ2n) is 11.0. The first-order valence-corrected chi connectivity index (χ1v) is 16.0. The van der Waals surface area contributed by atoms with Gasteiger partial charge in [-0.15, -0.1) is 35.6 Å². The topological polar surface area (TPSA) is 184 Å². The van der Waals surface area contributed by atoms with Crippen molar-refractivity contribution < 1.29 is 19.2 Å². The highest BCUT2D eigenvalue weighted by Crippen LogP contribution is 2.21. The Labute approximate surface area is 299 Å². The number of carbonyl (C=O) groups excluding carboxylic acids is 4. The minimum Gasteiger partial charge on any atom is -0.388 e. The minimum absolute atomic E-state index is 0. The molecule has 262 valence electrons. The highest BCUT2D eigenvalue weighted by molar-refractivity contribution is 6.18. The smallest absolute Gasteiger partial charge is 0.272 e. The molecule has 4 amide bonds. The SMILES string of the molecule is Cl.Cn1cc(NC(=O)c2cc(NC(=O)c3cc(NC(=O)c4cccc(N(CCCl)CCCl)c4)cn3C)cn2C)cc1C(=O)NCCC(=N)N. The van der Waals surface area contributed by atoms with Crippen molar-refractivity contribution in [3.63, 3.8) is 0 Å². The van der Waals surface area contributed by atoms with Gasteiger partial charge in [0.15, 0.2) is 0 Å². The second-order valence-corrected chi connectivity index (χ2v) is 11.7. The van der Waals surface area contributed by atoms with Gasteiger partial charge in [-0.05, 0) is 36.4 Å². The quantitative estimate of drug-likeness (QED) is 0.0604. The number of amidine groups is 1. The molecule has 0 aliphatic heterocycles. The van der Waals surface area contributed by atoms with E-state index in [-0.39, 0.29) is 54.4 Å². The number of anilines is 4. The molecule has 49 heavy (non-hydrogen) atoms. The van der Waals surface area contributed by atoms with Gasteiger partial charge >= 0.3 is 0 Å². The fraction of sp³-hybridized carbons (Fsp3) is 0.281. The molecule has 0 saturated heterocycles. The molecule has 3 heterocycles. The van der Waals surface area contributed by atoms with Crippen molar-refractivity contribution in [2.75, 3.05) is 52.2 Å². The number of halogens is 3. The lowest BCUT2D eigenvalue weighted by molar-refractivity contribution is 0.0944. The molecule has 3 aromatic heterocycles. The molecule has 7 N–H and O–H groups in total. The van der Waals surface area contributed by atoms with Gasteiger partial charge in [-0.25, -0.2) is 0 Å².